The van der Waals surface area contributed by atoms with Gasteiger partial charge in [0.25, 0.3) is 0 Å². The molecule has 0 aliphatic carbocycles. The summed E-state index contributed by atoms with van der Waals surface area (Å²) in [7, 11) is 7.33. The molecule has 0 N–H and O–H groups in total. The van der Waals surface area contributed by atoms with Gasteiger partial charge < -0.3 is 17.7 Å². The Balaban J connectivity index is 0.000000160. The summed E-state index contributed by atoms with van der Waals surface area (Å²) in [5.41, 5.74) is 22.1. The summed E-state index contributed by atoms with van der Waals surface area (Å²) in [5.74, 6) is -10.1. The van der Waals surface area contributed by atoms with Gasteiger partial charge in [-0.15, -0.1) is 0 Å². The van der Waals surface area contributed by atoms with Gasteiger partial charge >= 0.3 is 0 Å². The van der Waals surface area contributed by atoms with Gasteiger partial charge in [-0.2, -0.15) is 0 Å². The van der Waals surface area contributed by atoms with Crippen LogP contribution in [0.1, 0.15) is 326 Å². The second kappa shape index (κ2) is 34.9. The van der Waals surface area contributed by atoms with Gasteiger partial charge in [-0.3, -0.25) is 0 Å². The topological polar surface area (TPSA) is 120 Å². The summed E-state index contributed by atoms with van der Waals surface area (Å²) < 4.78 is 221. The number of nitrogens with zero attached hydrogens (tertiary/aromatic N) is 8. The Labute approximate surface area is 739 Å². The van der Waals surface area contributed by atoms with E-state index in [0.29, 0.717) is 80.9 Å². The first-order valence-electron chi connectivity index (χ1n) is 52.9. The lowest BCUT2D eigenvalue weighted by molar-refractivity contribution is -0.661. The minimum absolute atomic E-state index is 0.165. The Morgan fingerprint density at radius 2 is 0.597 bits per heavy atom. The lowest BCUT2D eigenvalue weighted by Gasteiger charge is -2.16. The summed E-state index contributed by atoms with van der Waals surface area (Å²) in [4.78, 5) is 18.8. The second-order valence-corrected chi connectivity index (χ2v) is 33.9. The molecule has 0 amide bonds. The summed E-state index contributed by atoms with van der Waals surface area (Å²) >= 11 is 0. The normalized spacial score (nSPS) is 16.9. The van der Waals surface area contributed by atoms with Crippen LogP contribution < -0.4 is 18.3 Å². The first-order valence-corrected chi connectivity index (χ1v) is 41.4. The van der Waals surface area contributed by atoms with Crippen molar-refractivity contribution in [1.82, 2.24) is 19.9 Å². The molecule has 0 saturated carbocycles. The van der Waals surface area contributed by atoms with Gasteiger partial charge in [0.2, 0.25) is 45.6 Å². The minimum Gasteiger partial charge on any atom is -0.437 e. The number of hydrogen-bond acceptors (Lipinski definition) is 8. The third kappa shape index (κ3) is 16.9. The third-order valence-corrected chi connectivity index (χ3v) is 23.0. The van der Waals surface area contributed by atoms with Crippen LogP contribution in [0.3, 0.4) is 0 Å². The molecule has 0 aliphatic heterocycles. The van der Waals surface area contributed by atoms with Crippen LogP contribution in [0.15, 0.2) is 164 Å². The van der Waals surface area contributed by atoms with Crippen molar-refractivity contribution in [2.75, 3.05) is 0 Å². The Morgan fingerprint density at radius 1 is 0.311 bits per heavy atom. The van der Waals surface area contributed by atoms with Crippen LogP contribution in [0.5, 0.6) is 0 Å². The zero-order chi connectivity index (χ0) is 106. The van der Waals surface area contributed by atoms with Gasteiger partial charge in [0.15, 0.2) is 47.1 Å². The van der Waals surface area contributed by atoms with Gasteiger partial charge in [0.1, 0.15) is 28.2 Å². The molecular formula is C107H130N8O4+4. The van der Waals surface area contributed by atoms with Crippen molar-refractivity contribution >= 4 is 88.3 Å². The van der Waals surface area contributed by atoms with Crippen LogP contribution in [-0.4, -0.2) is 19.9 Å². The quantitative estimate of drug-likeness (QED) is 0.0827. The zero-order valence-corrected chi connectivity index (χ0v) is 73.6. The van der Waals surface area contributed by atoms with Crippen LogP contribution in [0.2, 0.25) is 0 Å². The summed E-state index contributed by atoms with van der Waals surface area (Å²) in [5, 5.41) is 7.40. The maximum Gasteiger partial charge on any atom is 0.227 e. The average Bonchev–Trinajstić information content (AvgIpc) is 0.965. The molecule has 12 heterocycles. The summed E-state index contributed by atoms with van der Waals surface area (Å²) in [6, 6.07) is 39.5. The molecule has 618 valence electrons. The van der Waals surface area contributed by atoms with E-state index in [-0.39, 0.29) is 17.0 Å². The Kier molecular flexibility index (Phi) is 17.8. The first-order chi connectivity index (χ1) is 65.5. The van der Waals surface area contributed by atoms with E-state index in [9.17, 15) is 0 Å². The van der Waals surface area contributed by atoms with Crippen LogP contribution in [0, 0.1) is 33.6 Å². The summed E-state index contributed by atoms with van der Waals surface area (Å²) in [6.45, 7) is 20.5. The molecule has 0 bridgehead atoms. The standard InChI is InChI=1S/3C27H33N2O.C26H31N2O/c2*1-15(2)21-13-24(29(8)14-22(21)16(3)4)25-18(7)9-10-19-20-11-12-23(17(5)6)28-27(20)30-26(19)25;1-8-20-10-12-22-21-11-9-18(6)25(26(21)30-27(22)28-20)24-14-23(17(4)5)19(13-16(2)3)15-29(24)7;1-8-18-10-12-20-19-11-9-17(6)24(25(19)29-26(20)27-18)23-13-21(15(2)3)22(16(4)5)14-28(23)7/h2*9-17H,1-8H3;9-12,14-17H,8,13H2,1-7H3;9-16H,8H2,1-7H3/q4*+1/i1D3,3D3,4D3,15D,16D;15D;;2D3,4D3,5D3,15D,16D. The highest BCUT2D eigenvalue weighted by atomic mass is 16.4. The third-order valence-electron chi connectivity index (χ3n) is 23.0. The molecule has 2 atom stereocenters. The highest BCUT2D eigenvalue weighted by molar-refractivity contribution is 6.12. The molecule has 0 saturated heterocycles. The molecule has 12 aromatic heterocycles. The van der Waals surface area contributed by atoms with Crippen LogP contribution in [0.25, 0.3) is 133 Å². The Hall–Kier alpha value is -10.7. The van der Waals surface area contributed by atoms with E-state index in [4.69, 9.17) is 59.2 Å². The minimum atomic E-state index is -3.37. The largest absolute Gasteiger partial charge is 0.437 e. The van der Waals surface area contributed by atoms with Crippen molar-refractivity contribution < 1.29 is 67.5 Å². The number of benzene rings is 4. The summed E-state index contributed by atoms with van der Waals surface area (Å²) in [6.07, 6.45) is 9.52. The predicted molar refractivity (Wildman–Crippen MR) is 496 cm³/mol. The lowest BCUT2D eigenvalue weighted by atomic mass is 9.90. The highest BCUT2D eigenvalue weighted by Crippen LogP contribution is 2.44. The highest BCUT2D eigenvalue weighted by Gasteiger charge is 2.31. The smallest absolute Gasteiger partial charge is 0.227 e. The SMILES string of the molecule is CCc1ccc2c(n1)oc1c(-c3cc(C(C)C)c(CC(C)C)c[n+]3C)c(C)ccc12.[2H]C(C)(C)c1cc(-c2c(C)ccc3c2oc2nc(C(C)C)ccc23)[n+](C)cc1C(C)C.[2H]C([2H])([2H])C([2H])(C)c1cc(-c2c(C)ccc3c2oc2nc(C(C)C)ccc23)[n+](C)cc1C([2H])(C([2H])([2H])[2H])C([2H])([2H])[2H].[2H]C([2H])([2H])C([2H])(C)c1cc(-c2c(C)ccc3c2oc2nc(CC)ccc23)[n+](C)cc1C([2H])(C([2H])([2H])[2H])C([2H])([2H])[2H]. The van der Waals surface area contributed by atoms with E-state index >= 15 is 0 Å². The van der Waals surface area contributed by atoms with Gasteiger partial charge in [-0.1, -0.05) is 200 Å². The zero-order valence-electron chi connectivity index (χ0n) is 96.6. The number of aryl methyl sites for hydroxylation is 10. The average molecular weight is 1620 g/mol. The lowest BCUT2D eigenvalue weighted by Crippen LogP contribution is -2.32. The molecule has 16 aromatic rings. The molecule has 0 spiro atoms. The number of fused-ring (bicyclic) bond motifs is 12. The van der Waals surface area contributed by atoms with Crippen molar-refractivity contribution in [3.05, 3.63) is 236 Å². The maximum atomic E-state index is 8.89. The van der Waals surface area contributed by atoms with Crippen LogP contribution in [-0.2, 0) is 47.5 Å². The number of rotatable bonds is 17. The van der Waals surface area contributed by atoms with E-state index in [1.165, 1.54) is 54.8 Å². The van der Waals surface area contributed by atoms with E-state index in [0.717, 1.165) is 155 Å². The fraction of sp³-hybridized carbons (Fsp3) is 0.402. The van der Waals surface area contributed by atoms with Crippen molar-refractivity contribution in [3.8, 4) is 45.0 Å². The molecule has 0 aliphatic rings. The Bertz CT molecular complexity index is 7530. The van der Waals surface area contributed by atoms with E-state index in [1.54, 1.807) is 14.1 Å². The number of furan rings is 4. The van der Waals surface area contributed by atoms with Crippen molar-refractivity contribution in [1.29, 1.82) is 0 Å². The molecule has 0 fully saturated rings. The fourth-order valence-corrected chi connectivity index (χ4v) is 16.4. The predicted octanol–water partition coefficient (Wildman–Crippen LogP) is 27.6. The number of aromatic nitrogens is 8. The van der Waals surface area contributed by atoms with E-state index < -0.39 is 81.7 Å². The first kappa shape index (κ1) is 60.7. The second-order valence-electron chi connectivity index (χ2n) is 33.9. The molecule has 119 heavy (non-hydrogen) atoms. The molecule has 4 aromatic carbocycles. The Morgan fingerprint density at radius 3 is 0.891 bits per heavy atom. The van der Waals surface area contributed by atoms with Gasteiger partial charge in [-0.05, 0) is 199 Å². The van der Waals surface area contributed by atoms with E-state index in [1.807, 2.05) is 97.0 Å². The molecule has 12 nitrogen and oxygen atoms in total. The number of hydrogen-bond donors (Lipinski definition) is 0. The van der Waals surface area contributed by atoms with Gasteiger partial charge in [0.05, 0.1) is 22.3 Å². The van der Waals surface area contributed by atoms with Crippen molar-refractivity contribution in [2.45, 2.75) is 252 Å². The van der Waals surface area contributed by atoms with Crippen LogP contribution >= 0.6 is 0 Å². The van der Waals surface area contributed by atoms with Crippen molar-refractivity contribution in [3.63, 3.8) is 0 Å². The van der Waals surface area contributed by atoms with Gasteiger partial charge in [0, 0.05) is 144 Å². The van der Waals surface area contributed by atoms with E-state index in [2.05, 4.69) is 182 Å². The number of pyridine rings is 8. The molecule has 2 unspecified atom stereocenters. The fourth-order valence-electron chi connectivity index (χ4n) is 16.4. The van der Waals surface area contributed by atoms with Crippen molar-refractivity contribution in [2.24, 2.45) is 34.1 Å². The molecule has 16 rings (SSSR count). The molecular weight excluding hydrogens is 1460 g/mol. The monoisotopic (exact) mass is 1610 g/mol. The molecule has 0 radical (unpaired) electrons. The van der Waals surface area contributed by atoms with Gasteiger partial charge in [-0.25, -0.2) is 38.2 Å². The van der Waals surface area contributed by atoms with Crippen LogP contribution in [0.4, 0.5) is 0 Å². The maximum absolute atomic E-state index is 8.89. The molecule has 12 heteroatoms.